The van der Waals surface area contributed by atoms with Crippen molar-refractivity contribution < 1.29 is 8.94 Å². The van der Waals surface area contributed by atoms with Crippen LogP contribution in [0.5, 0.6) is 0 Å². The number of rotatable bonds is 2. The minimum absolute atomic E-state index is 0.386. The summed E-state index contributed by atoms with van der Waals surface area (Å²) in [5, 5.41) is 3.93. The van der Waals surface area contributed by atoms with Crippen molar-refractivity contribution in [3.8, 4) is 22.4 Å². The summed E-state index contributed by atoms with van der Waals surface area (Å²) in [5.41, 5.74) is 0. The Balaban J connectivity index is 1.98. The summed E-state index contributed by atoms with van der Waals surface area (Å²) in [7, 11) is 0. The van der Waals surface area contributed by atoms with E-state index in [-0.39, 0.29) is 0 Å². The molecule has 0 amide bonds. The molecule has 0 aliphatic rings. The summed E-state index contributed by atoms with van der Waals surface area (Å²) in [5.74, 6) is 1.53. The van der Waals surface area contributed by atoms with E-state index in [1.165, 1.54) is 4.88 Å². The van der Waals surface area contributed by atoms with Crippen LogP contribution in [0.4, 0.5) is 0 Å². The molecule has 0 aliphatic heterocycles. The molecule has 0 bridgehead atoms. The fourth-order valence-electron chi connectivity index (χ4n) is 1.41. The Bertz CT molecular complexity index is 601. The first-order valence-electron chi connectivity index (χ1n) is 4.88. The van der Waals surface area contributed by atoms with Gasteiger partial charge in [0.05, 0.1) is 4.88 Å². The SMILES string of the molecule is Cc1ccc(-c2noc(-c3ccc(Br)o3)n2)s1. The molecule has 0 aromatic carbocycles. The van der Waals surface area contributed by atoms with E-state index < -0.39 is 0 Å². The molecule has 0 atom stereocenters. The number of hydrogen-bond donors (Lipinski definition) is 0. The fourth-order valence-corrected chi connectivity index (χ4v) is 2.51. The molecule has 0 aliphatic carbocycles. The van der Waals surface area contributed by atoms with Crippen molar-refractivity contribution in [2.45, 2.75) is 6.92 Å². The number of furan rings is 1. The molecule has 4 nitrogen and oxygen atoms in total. The van der Waals surface area contributed by atoms with Crippen molar-refractivity contribution in [1.29, 1.82) is 0 Å². The zero-order valence-corrected chi connectivity index (χ0v) is 11.2. The van der Waals surface area contributed by atoms with Crippen molar-refractivity contribution >= 4 is 27.3 Å². The summed E-state index contributed by atoms with van der Waals surface area (Å²) in [6.45, 7) is 2.04. The first-order valence-corrected chi connectivity index (χ1v) is 6.49. The highest BCUT2D eigenvalue weighted by Gasteiger charge is 2.14. The van der Waals surface area contributed by atoms with Gasteiger partial charge in [0.1, 0.15) is 0 Å². The van der Waals surface area contributed by atoms with Crippen LogP contribution in [0, 0.1) is 6.92 Å². The molecule has 0 radical (unpaired) electrons. The predicted octanol–water partition coefficient (Wildman–Crippen LogP) is 4.13. The van der Waals surface area contributed by atoms with Crippen LogP contribution < -0.4 is 0 Å². The Morgan fingerprint density at radius 3 is 2.76 bits per heavy atom. The first-order chi connectivity index (χ1) is 8.22. The fraction of sp³-hybridized carbons (Fsp3) is 0.0909. The maximum Gasteiger partial charge on any atom is 0.294 e. The van der Waals surface area contributed by atoms with Gasteiger partial charge < -0.3 is 8.94 Å². The van der Waals surface area contributed by atoms with Crippen LogP contribution in [0.25, 0.3) is 22.4 Å². The number of hydrogen-bond acceptors (Lipinski definition) is 5. The molecular formula is C11H7BrN2O2S. The average molecular weight is 311 g/mol. The van der Waals surface area contributed by atoms with Crippen LogP contribution in [0.15, 0.2) is 37.9 Å². The van der Waals surface area contributed by atoms with Gasteiger partial charge in [-0.1, -0.05) is 5.16 Å². The lowest BCUT2D eigenvalue weighted by Gasteiger charge is -1.84. The van der Waals surface area contributed by atoms with E-state index in [1.807, 2.05) is 19.1 Å². The van der Waals surface area contributed by atoms with Gasteiger partial charge in [-0.25, -0.2) is 0 Å². The second-order valence-electron chi connectivity index (χ2n) is 3.44. The van der Waals surface area contributed by atoms with Gasteiger partial charge in [0.15, 0.2) is 10.4 Å². The van der Waals surface area contributed by atoms with Crippen LogP contribution in [-0.2, 0) is 0 Å². The second kappa shape index (κ2) is 4.12. The van der Waals surface area contributed by atoms with E-state index in [2.05, 4.69) is 26.1 Å². The Morgan fingerprint density at radius 1 is 1.24 bits per heavy atom. The number of aryl methyl sites for hydroxylation is 1. The zero-order valence-electron chi connectivity index (χ0n) is 8.81. The molecule has 3 aromatic rings. The summed E-state index contributed by atoms with van der Waals surface area (Å²) >= 11 is 4.86. The predicted molar refractivity (Wildman–Crippen MR) is 67.8 cm³/mol. The van der Waals surface area contributed by atoms with Crippen LogP contribution in [0.1, 0.15) is 4.88 Å². The van der Waals surface area contributed by atoms with Crippen LogP contribution >= 0.6 is 27.3 Å². The molecule has 0 unspecified atom stereocenters. The van der Waals surface area contributed by atoms with E-state index in [4.69, 9.17) is 8.94 Å². The third-order valence-corrected chi connectivity index (χ3v) is 3.59. The van der Waals surface area contributed by atoms with E-state index >= 15 is 0 Å². The molecule has 86 valence electrons. The molecule has 3 heterocycles. The Morgan fingerprint density at radius 2 is 2.12 bits per heavy atom. The molecule has 0 fully saturated rings. The van der Waals surface area contributed by atoms with E-state index in [9.17, 15) is 0 Å². The second-order valence-corrected chi connectivity index (χ2v) is 5.51. The Labute approximate surface area is 109 Å². The lowest BCUT2D eigenvalue weighted by Crippen LogP contribution is -1.75. The molecular weight excluding hydrogens is 304 g/mol. The highest BCUT2D eigenvalue weighted by molar-refractivity contribution is 9.10. The quantitative estimate of drug-likeness (QED) is 0.714. The van der Waals surface area contributed by atoms with Crippen molar-refractivity contribution in [3.05, 3.63) is 33.8 Å². The van der Waals surface area contributed by atoms with Crippen LogP contribution in [-0.4, -0.2) is 10.1 Å². The average Bonchev–Trinajstić information content (AvgIpc) is 2.96. The molecule has 17 heavy (non-hydrogen) atoms. The van der Waals surface area contributed by atoms with Gasteiger partial charge in [-0.05, 0) is 47.1 Å². The van der Waals surface area contributed by atoms with Gasteiger partial charge in [-0.15, -0.1) is 11.3 Å². The maximum absolute atomic E-state index is 5.35. The first kappa shape index (κ1) is 10.7. The molecule has 0 saturated heterocycles. The molecule has 0 saturated carbocycles. The van der Waals surface area contributed by atoms with Crippen molar-refractivity contribution in [2.24, 2.45) is 0 Å². The molecule has 0 spiro atoms. The Hall–Kier alpha value is -1.40. The molecule has 3 aromatic heterocycles. The van der Waals surface area contributed by atoms with Crippen LogP contribution in [0.2, 0.25) is 0 Å². The largest absolute Gasteiger partial charge is 0.444 e. The lowest BCUT2D eigenvalue weighted by atomic mass is 10.4. The van der Waals surface area contributed by atoms with Crippen LogP contribution in [0.3, 0.4) is 0 Å². The number of nitrogens with zero attached hydrogens (tertiary/aromatic N) is 2. The van der Waals surface area contributed by atoms with E-state index in [0.717, 1.165) is 4.88 Å². The Kier molecular flexibility index (Phi) is 2.60. The summed E-state index contributed by atoms with van der Waals surface area (Å²) in [6.07, 6.45) is 0. The minimum atomic E-state index is 0.386. The highest BCUT2D eigenvalue weighted by Crippen LogP contribution is 2.29. The molecule has 0 N–H and O–H groups in total. The van der Waals surface area contributed by atoms with Gasteiger partial charge in [0.2, 0.25) is 5.82 Å². The highest BCUT2D eigenvalue weighted by atomic mass is 79.9. The summed E-state index contributed by atoms with van der Waals surface area (Å²) < 4.78 is 11.1. The number of aromatic nitrogens is 2. The molecule has 3 rings (SSSR count). The lowest BCUT2D eigenvalue weighted by molar-refractivity contribution is 0.414. The van der Waals surface area contributed by atoms with Gasteiger partial charge in [-0.3, -0.25) is 0 Å². The van der Waals surface area contributed by atoms with Crippen molar-refractivity contribution in [3.63, 3.8) is 0 Å². The standard InChI is InChI=1S/C11H7BrN2O2S/c1-6-2-4-8(17-6)10-13-11(16-14-10)7-3-5-9(12)15-7/h2-5H,1H3. The summed E-state index contributed by atoms with van der Waals surface area (Å²) in [6, 6.07) is 7.57. The third-order valence-electron chi connectivity index (χ3n) is 2.17. The van der Waals surface area contributed by atoms with Crippen molar-refractivity contribution in [2.75, 3.05) is 0 Å². The van der Waals surface area contributed by atoms with Gasteiger partial charge >= 0.3 is 0 Å². The molecule has 6 heteroatoms. The minimum Gasteiger partial charge on any atom is -0.444 e. The number of thiophene rings is 1. The van der Waals surface area contributed by atoms with Gasteiger partial charge in [0, 0.05) is 4.88 Å². The zero-order chi connectivity index (χ0) is 11.8. The third kappa shape index (κ3) is 2.05. The van der Waals surface area contributed by atoms with Gasteiger partial charge in [0.25, 0.3) is 5.89 Å². The normalized spacial score (nSPS) is 10.9. The monoisotopic (exact) mass is 310 g/mol. The number of halogens is 1. The van der Waals surface area contributed by atoms with Gasteiger partial charge in [-0.2, -0.15) is 4.98 Å². The maximum atomic E-state index is 5.35. The topological polar surface area (TPSA) is 52.1 Å². The smallest absolute Gasteiger partial charge is 0.294 e. The summed E-state index contributed by atoms with van der Waals surface area (Å²) in [4.78, 5) is 6.50. The van der Waals surface area contributed by atoms with E-state index in [1.54, 1.807) is 23.5 Å². The van der Waals surface area contributed by atoms with Crippen molar-refractivity contribution in [1.82, 2.24) is 10.1 Å². The van der Waals surface area contributed by atoms with E-state index in [0.29, 0.717) is 22.1 Å².